The van der Waals surface area contributed by atoms with E-state index in [1.807, 2.05) is 0 Å². The summed E-state index contributed by atoms with van der Waals surface area (Å²) in [4.78, 5) is 8.89. The van der Waals surface area contributed by atoms with Gasteiger partial charge >= 0.3 is 0 Å². The number of carboxylic acids is 1. The summed E-state index contributed by atoms with van der Waals surface area (Å²) in [6.45, 7) is 8.35. The van der Waals surface area contributed by atoms with Gasteiger partial charge in [0.1, 0.15) is 0 Å². The maximum atomic E-state index is 8.89. The summed E-state index contributed by atoms with van der Waals surface area (Å²) >= 11 is 0. The van der Waals surface area contributed by atoms with Crippen LogP contribution in [0, 0.1) is 0 Å². The average Bonchev–Trinajstić information content (AvgIpc) is 2.80. The van der Waals surface area contributed by atoms with E-state index in [0.717, 1.165) is 6.92 Å². The van der Waals surface area contributed by atoms with Crippen LogP contribution in [0.15, 0.2) is 0 Å². The largest absolute Gasteiger partial charge is 0.550 e. The number of carbonyl (C=O) groups is 1. The molecule has 0 saturated carbocycles. The van der Waals surface area contributed by atoms with E-state index < -0.39 is 5.97 Å². The molecule has 0 N–H and O–H groups in total. The molecule has 0 fully saturated rings. The van der Waals surface area contributed by atoms with E-state index in [4.69, 9.17) is 9.90 Å². The van der Waals surface area contributed by atoms with Crippen LogP contribution in [-0.4, -0.2) is 37.6 Å². The molecule has 0 atom stereocenters. The highest BCUT2D eigenvalue weighted by Crippen LogP contribution is 2.15. The van der Waals surface area contributed by atoms with Gasteiger partial charge in [0.05, 0.1) is 27.2 Å². The molecule has 0 aliphatic heterocycles. The van der Waals surface area contributed by atoms with Crippen molar-refractivity contribution in [1.82, 2.24) is 0 Å². The van der Waals surface area contributed by atoms with Crippen molar-refractivity contribution in [2.24, 2.45) is 0 Å². The van der Waals surface area contributed by atoms with Crippen molar-refractivity contribution in [1.29, 1.82) is 0 Å². The van der Waals surface area contributed by atoms with Crippen molar-refractivity contribution in [2.45, 2.75) is 175 Å². The number of rotatable bonds is 26. The normalized spacial score (nSPS) is 11.3. The molecule has 0 unspecified atom stereocenters. The van der Waals surface area contributed by atoms with Gasteiger partial charge in [-0.15, -0.1) is 0 Å². The van der Waals surface area contributed by atoms with Crippen LogP contribution in [0.2, 0.25) is 0 Å². The first-order chi connectivity index (χ1) is 16.9. The highest BCUT2D eigenvalue weighted by atomic mass is 16.4. The van der Waals surface area contributed by atoms with Crippen LogP contribution in [-0.2, 0) is 4.79 Å². The highest BCUT2D eigenvalue weighted by molar-refractivity contribution is 5.60. The van der Waals surface area contributed by atoms with Gasteiger partial charge in [-0.2, -0.15) is 0 Å². The Bertz CT molecular complexity index is 404. The Labute approximate surface area is 222 Å². The van der Waals surface area contributed by atoms with Gasteiger partial charge in [0.2, 0.25) is 0 Å². The summed E-state index contributed by atoms with van der Waals surface area (Å²) in [7, 11) is 4.91. The molecule has 0 radical (unpaired) electrons. The Kier molecular flexibility index (Phi) is 31.0. The third kappa shape index (κ3) is 38.1. The van der Waals surface area contributed by atoms with Crippen LogP contribution < -0.4 is 5.11 Å². The van der Waals surface area contributed by atoms with Crippen molar-refractivity contribution in [2.75, 3.05) is 27.2 Å². The maximum absolute atomic E-state index is 8.89. The molecule has 0 bridgehead atoms. The summed E-state index contributed by atoms with van der Waals surface area (Å²) in [5, 5.41) is 8.89. The molecule has 3 nitrogen and oxygen atoms in total. The molecular formula is C32H67NO2. The second kappa shape index (κ2) is 29.7. The smallest absolute Gasteiger partial charge is 0.0782 e. The lowest BCUT2D eigenvalue weighted by Gasteiger charge is -2.30. The molecule has 35 heavy (non-hydrogen) atoms. The van der Waals surface area contributed by atoms with Crippen molar-refractivity contribution >= 4 is 5.97 Å². The predicted molar refractivity (Wildman–Crippen MR) is 155 cm³/mol. The van der Waals surface area contributed by atoms with Gasteiger partial charge in [0, 0.05) is 5.97 Å². The van der Waals surface area contributed by atoms with Gasteiger partial charge in [-0.3, -0.25) is 0 Å². The summed E-state index contributed by atoms with van der Waals surface area (Å²) in [5.74, 6) is -1.08. The molecule has 0 aromatic carbocycles. The van der Waals surface area contributed by atoms with Crippen molar-refractivity contribution in [3.63, 3.8) is 0 Å². The third-order valence-corrected chi connectivity index (χ3v) is 7.23. The minimum absolute atomic E-state index is 0.972. The summed E-state index contributed by atoms with van der Waals surface area (Å²) in [6, 6.07) is 0. The Hall–Kier alpha value is -0.570. The van der Waals surface area contributed by atoms with E-state index >= 15 is 0 Å². The van der Waals surface area contributed by atoms with Gasteiger partial charge in [0.15, 0.2) is 0 Å². The fourth-order valence-corrected chi connectivity index (χ4v) is 4.87. The van der Waals surface area contributed by atoms with Crippen molar-refractivity contribution in [3.05, 3.63) is 0 Å². The van der Waals surface area contributed by atoms with E-state index in [2.05, 4.69) is 27.9 Å². The Morgan fingerprint density at radius 1 is 0.457 bits per heavy atom. The standard InChI is InChI=1S/C30H64N.C2H4O2/c1-5-7-9-11-13-15-17-18-19-20-22-24-26-28-30-31(3,4)29-27-25-23-21-16-14-12-10-8-6-2;1-2(3)4/h5-30H2,1-4H3;1H3,(H,3,4)/q+1;/p-1. The van der Waals surface area contributed by atoms with Gasteiger partial charge < -0.3 is 14.4 Å². The first kappa shape index (κ1) is 36.6. The van der Waals surface area contributed by atoms with Gasteiger partial charge in [-0.25, -0.2) is 0 Å². The van der Waals surface area contributed by atoms with Crippen molar-refractivity contribution in [3.8, 4) is 0 Å². The lowest BCUT2D eigenvalue weighted by Crippen LogP contribution is -2.41. The fraction of sp³-hybridized carbons (Fsp3) is 0.969. The first-order valence-corrected chi connectivity index (χ1v) is 15.8. The number of aliphatic carboxylic acids is 1. The maximum Gasteiger partial charge on any atom is 0.0782 e. The predicted octanol–water partition coefficient (Wildman–Crippen LogP) is 9.22. The van der Waals surface area contributed by atoms with Crippen LogP contribution in [0.4, 0.5) is 0 Å². The van der Waals surface area contributed by atoms with Crippen LogP contribution in [0.5, 0.6) is 0 Å². The van der Waals surface area contributed by atoms with Crippen LogP contribution in [0.3, 0.4) is 0 Å². The van der Waals surface area contributed by atoms with E-state index in [1.165, 1.54) is 172 Å². The minimum atomic E-state index is -1.08. The fourth-order valence-electron chi connectivity index (χ4n) is 4.87. The third-order valence-electron chi connectivity index (χ3n) is 7.23. The van der Waals surface area contributed by atoms with Crippen LogP contribution in [0.1, 0.15) is 175 Å². The minimum Gasteiger partial charge on any atom is -0.550 e. The van der Waals surface area contributed by atoms with E-state index in [9.17, 15) is 0 Å². The molecule has 0 spiro atoms. The topological polar surface area (TPSA) is 40.1 Å². The molecule has 3 heteroatoms. The number of hydrogen-bond acceptors (Lipinski definition) is 2. The molecule has 0 aliphatic carbocycles. The molecule has 0 aromatic rings. The molecule has 0 heterocycles. The number of quaternary nitrogens is 1. The Balaban J connectivity index is 0. The number of carbonyl (C=O) groups excluding carboxylic acids is 1. The first-order valence-electron chi connectivity index (χ1n) is 15.8. The molecule has 0 saturated heterocycles. The van der Waals surface area contributed by atoms with Gasteiger partial charge in [-0.05, 0) is 32.6 Å². The second-order valence-corrected chi connectivity index (χ2v) is 11.7. The monoisotopic (exact) mass is 498 g/mol. The van der Waals surface area contributed by atoms with Crippen LogP contribution >= 0.6 is 0 Å². The zero-order valence-corrected chi connectivity index (χ0v) is 25.1. The van der Waals surface area contributed by atoms with E-state index in [-0.39, 0.29) is 0 Å². The lowest BCUT2D eigenvalue weighted by atomic mass is 10.0. The summed E-state index contributed by atoms with van der Waals surface area (Å²) in [5.41, 5.74) is 0. The van der Waals surface area contributed by atoms with Gasteiger partial charge in [-0.1, -0.05) is 142 Å². The van der Waals surface area contributed by atoms with Crippen LogP contribution in [0.25, 0.3) is 0 Å². The SMILES string of the molecule is CC(=O)[O-].CCCCCCCCCCCCCCCC[N+](C)(C)CCCCCCCCCCCC. The molecule has 0 aliphatic rings. The molecule has 0 rings (SSSR count). The number of hydrogen-bond donors (Lipinski definition) is 0. The number of nitrogens with zero attached hydrogens (tertiary/aromatic N) is 1. The molecule has 0 amide bonds. The molecule has 212 valence electrons. The number of carboxylic acid groups (broad SMARTS) is 1. The Morgan fingerprint density at radius 3 is 0.829 bits per heavy atom. The number of unbranched alkanes of at least 4 members (excludes halogenated alkanes) is 22. The van der Waals surface area contributed by atoms with E-state index in [1.54, 1.807) is 0 Å². The highest BCUT2D eigenvalue weighted by Gasteiger charge is 2.13. The molecular weight excluding hydrogens is 430 g/mol. The van der Waals surface area contributed by atoms with Gasteiger partial charge in [0.25, 0.3) is 0 Å². The summed E-state index contributed by atoms with van der Waals surface area (Å²) in [6.07, 6.45) is 35.0. The summed E-state index contributed by atoms with van der Waals surface area (Å²) < 4.78 is 1.25. The quantitative estimate of drug-likeness (QED) is 0.0882. The van der Waals surface area contributed by atoms with Crippen molar-refractivity contribution < 1.29 is 14.4 Å². The zero-order chi connectivity index (χ0) is 26.5. The average molecular weight is 498 g/mol. The second-order valence-electron chi connectivity index (χ2n) is 11.7. The Morgan fingerprint density at radius 2 is 0.629 bits per heavy atom. The van der Waals surface area contributed by atoms with E-state index in [0.29, 0.717) is 0 Å². The zero-order valence-electron chi connectivity index (χ0n) is 25.1. The molecule has 0 aromatic heterocycles. The lowest BCUT2D eigenvalue weighted by molar-refractivity contribution is -0.890.